The average Bonchev–Trinajstić information content (AvgIpc) is 2.80. The van der Waals surface area contributed by atoms with Crippen LogP contribution in [0.3, 0.4) is 0 Å². The second-order valence-corrected chi connectivity index (χ2v) is 7.86. The summed E-state index contributed by atoms with van der Waals surface area (Å²) in [4.78, 5) is 4.31. The van der Waals surface area contributed by atoms with Gasteiger partial charge in [0.05, 0.1) is 7.11 Å². The van der Waals surface area contributed by atoms with Gasteiger partial charge >= 0.3 is 6.61 Å². The van der Waals surface area contributed by atoms with Crippen molar-refractivity contribution in [1.29, 1.82) is 0 Å². The molecule has 2 aromatic carbocycles. The zero-order chi connectivity index (χ0) is 23.0. The lowest BCUT2D eigenvalue weighted by Crippen LogP contribution is -2.48. The maximum Gasteiger partial charge on any atom is 0.387 e. The van der Waals surface area contributed by atoms with Gasteiger partial charge in [-0.1, -0.05) is 35.9 Å². The molecule has 33 heavy (non-hydrogen) atoms. The number of para-hydroxylation sites is 1. The fourth-order valence-corrected chi connectivity index (χ4v) is 4.05. The number of halogens is 3. The van der Waals surface area contributed by atoms with Crippen LogP contribution < -0.4 is 20.1 Å². The second kappa shape index (κ2) is 12.9. The molecular formula is C24H32F2IN3O3. The summed E-state index contributed by atoms with van der Waals surface area (Å²) in [6, 6.07) is 13.0. The molecule has 2 aromatic rings. The highest BCUT2D eigenvalue weighted by atomic mass is 127. The van der Waals surface area contributed by atoms with Gasteiger partial charge in [0.15, 0.2) is 5.96 Å². The van der Waals surface area contributed by atoms with Gasteiger partial charge in [-0.25, -0.2) is 0 Å². The summed E-state index contributed by atoms with van der Waals surface area (Å²) in [5.74, 6) is 1.59. The summed E-state index contributed by atoms with van der Waals surface area (Å²) in [5, 5.41) is 6.62. The lowest BCUT2D eigenvalue weighted by atomic mass is 9.73. The number of aryl methyl sites for hydroxylation is 1. The number of rotatable bonds is 8. The molecule has 1 heterocycles. The van der Waals surface area contributed by atoms with Crippen molar-refractivity contribution in [3.8, 4) is 11.5 Å². The van der Waals surface area contributed by atoms with Crippen molar-refractivity contribution in [2.45, 2.75) is 38.3 Å². The minimum atomic E-state index is -2.87. The van der Waals surface area contributed by atoms with Gasteiger partial charge in [-0.2, -0.15) is 8.78 Å². The molecule has 0 unspecified atom stereocenters. The normalized spacial score (nSPS) is 15.5. The number of guanidine groups is 1. The minimum absolute atomic E-state index is 0. The molecule has 0 bridgehead atoms. The van der Waals surface area contributed by atoms with E-state index < -0.39 is 6.61 Å². The van der Waals surface area contributed by atoms with Crippen molar-refractivity contribution < 1.29 is 23.0 Å². The average molecular weight is 575 g/mol. The zero-order valence-corrected chi connectivity index (χ0v) is 21.5. The van der Waals surface area contributed by atoms with Crippen LogP contribution >= 0.6 is 24.0 Å². The molecule has 0 amide bonds. The molecule has 0 aliphatic carbocycles. The van der Waals surface area contributed by atoms with Gasteiger partial charge in [0, 0.05) is 49.9 Å². The van der Waals surface area contributed by atoms with E-state index in [2.05, 4.69) is 33.4 Å². The molecule has 1 aliphatic rings. The Morgan fingerprint density at radius 3 is 2.52 bits per heavy atom. The Morgan fingerprint density at radius 1 is 1.12 bits per heavy atom. The first-order valence-electron chi connectivity index (χ1n) is 10.7. The SMILES string of the molecule is CN=C(NCc1ccccc1OC(F)F)NCC1(c2cc(C)ccc2OC)CCOCC1.I. The van der Waals surface area contributed by atoms with Crippen molar-refractivity contribution >= 4 is 29.9 Å². The molecule has 1 fully saturated rings. The van der Waals surface area contributed by atoms with Crippen LogP contribution in [0.1, 0.15) is 29.5 Å². The topological polar surface area (TPSA) is 64.1 Å². The summed E-state index contributed by atoms with van der Waals surface area (Å²) >= 11 is 0. The van der Waals surface area contributed by atoms with Crippen LogP contribution in [-0.4, -0.2) is 46.5 Å². The molecule has 0 spiro atoms. The van der Waals surface area contributed by atoms with Crippen molar-refractivity contribution in [3.63, 3.8) is 0 Å². The van der Waals surface area contributed by atoms with Crippen LogP contribution in [0.25, 0.3) is 0 Å². The van der Waals surface area contributed by atoms with Gasteiger partial charge < -0.3 is 24.8 Å². The molecule has 1 aliphatic heterocycles. The van der Waals surface area contributed by atoms with Gasteiger partial charge in [0.1, 0.15) is 11.5 Å². The molecule has 182 valence electrons. The lowest BCUT2D eigenvalue weighted by Gasteiger charge is -2.39. The van der Waals surface area contributed by atoms with E-state index >= 15 is 0 Å². The Balaban J connectivity index is 0.00000385. The van der Waals surface area contributed by atoms with Crippen LogP contribution in [0.15, 0.2) is 47.5 Å². The number of ether oxygens (including phenoxy) is 3. The molecule has 3 rings (SSSR count). The molecule has 2 N–H and O–H groups in total. The predicted molar refractivity (Wildman–Crippen MR) is 136 cm³/mol. The number of nitrogens with one attached hydrogen (secondary N) is 2. The fourth-order valence-electron chi connectivity index (χ4n) is 4.05. The largest absolute Gasteiger partial charge is 0.496 e. The number of methoxy groups -OCH3 is 1. The standard InChI is InChI=1S/C24H31F2N3O3.HI/c1-17-8-9-21(30-3)19(14-17)24(10-12-31-13-11-24)16-29-23(27-2)28-15-18-6-4-5-7-20(18)32-22(25)26;/h4-9,14,22H,10-13,15-16H2,1-3H3,(H2,27,28,29);1H. The van der Waals surface area contributed by atoms with Gasteiger partial charge in [-0.15, -0.1) is 24.0 Å². The monoisotopic (exact) mass is 575 g/mol. The lowest BCUT2D eigenvalue weighted by molar-refractivity contribution is -0.0504. The molecule has 1 saturated heterocycles. The van der Waals surface area contributed by atoms with Crippen molar-refractivity contribution in [2.75, 3.05) is 33.9 Å². The molecule has 0 atom stereocenters. The second-order valence-electron chi connectivity index (χ2n) is 7.86. The molecule has 9 heteroatoms. The zero-order valence-electron chi connectivity index (χ0n) is 19.2. The quantitative estimate of drug-likeness (QED) is 0.273. The number of hydrogen-bond acceptors (Lipinski definition) is 4. The molecule has 0 saturated carbocycles. The van der Waals surface area contributed by atoms with Crippen LogP contribution in [0, 0.1) is 6.92 Å². The van der Waals surface area contributed by atoms with Gasteiger partial charge in [0.2, 0.25) is 0 Å². The van der Waals surface area contributed by atoms with Crippen LogP contribution in [0.5, 0.6) is 11.5 Å². The van der Waals surface area contributed by atoms with Crippen molar-refractivity contribution in [2.24, 2.45) is 4.99 Å². The number of benzene rings is 2. The molecule has 6 nitrogen and oxygen atoms in total. The third kappa shape index (κ3) is 7.17. The van der Waals surface area contributed by atoms with Crippen molar-refractivity contribution in [3.05, 3.63) is 59.2 Å². The van der Waals surface area contributed by atoms with Gasteiger partial charge in [0.25, 0.3) is 0 Å². The van der Waals surface area contributed by atoms with E-state index in [1.54, 1.807) is 32.4 Å². The van der Waals surface area contributed by atoms with Gasteiger partial charge in [-0.05, 0) is 31.9 Å². The van der Waals surface area contributed by atoms with E-state index in [-0.39, 0.29) is 35.1 Å². The van der Waals surface area contributed by atoms with E-state index in [4.69, 9.17) is 9.47 Å². The van der Waals surface area contributed by atoms with E-state index in [9.17, 15) is 8.78 Å². The Hall–Kier alpha value is -2.14. The van der Waals surface area contributed by atoms with Crippen LogP contribution in [0.2, 0.25) is 0 Å². The van der Waals surface area contributed by atoms with Crippen molar-refractivity contribution in [1.82, 2.24) is 10.6 Å². The number of nitrogens with zero attached hydrogens (tertiary/aromatic N) is 1. The maximum atomic E-state index is 12.7. The van der Waals surface area contributed by atoms with Gasteiger partial charge in [-0.3, -0.25) is 4.99 Å². The van der Waals surface area contributed by atoms with E-state index in [0.717, 1.165) is 24.2 Å². The number of aliphatic imine (C=N–C) groups is 1. The van der Waals surface area contributed by atoms with Crippen LogP contribution in [0.4, 0.5) is 8.78 Å². The third-order valence-corrected chi connectivity index (χ3v) is 5.83. The smallest absolute Gasteiger partial charge is 0.387 e. The Kier molecular flexibility index (Phi) is 10.6. The van der Waals surface area contributed by atoms with E-state index in [1.165, 1.54) is 11.6 Å². The first kappa shape index (κ1) is 27.1. The third-order valence-electron chi connectivity index (χ3n) is 5.83. The van der Waals surface area contributed by atoms with E-state index in [1.807, 2.05) is 12.1 Å². The Bertz CT molecular complexity index is 922. The van der Waals surface area contributed by atoms with E-state index in [0.29, 0.717) is 37.8 Å². The highest BCUT2D eigenvalue weighted by Gasteiger charge is 2.37. The maximum absolute atomic E-state index is 12.7. The minimum Gasteiger partial charge on any atom is -0.496 e. The fraction of sp³-hybridized carbons (Fsp3) is 0.458. The summed E-state index contributed by atoms with van der Waals surface area (Å²) < 4.78 is 41.3. The predicted octanol–water partition coefficient (Wildman–Crippen LogP) is 4.64. The summed E-state index contributed by atoms with van der Waals surface area (Å²) in [6.07, 6.45) is 1.70. The Labute approximate surface area is 211 Å². The molecule has 0 aromatic heterocycles. The highest BCUT2D eigenvalue weighted by molar-refractivity contribution is 14.0. The first-order chi connectivity index (χ1) is 15.5. The van der Waals surface area contributed by atoms with Crippen LogP contribution in [-0.2, 0) is 16.7 Å². The first-order valence-corrected chi connectivity index (χ1v) is 10.7. The summed E-state index contributed by atoms with van der Waals surface area (Å²) in [7, 11) is 3.37. The molecular weight excluding hydrogens is 543 g/mol. The highest BCUT2D eigenvalue weighted by Crippen LogP contribution is 2.40. The summed E-state index contributed by atoms with van der Waals surface area (Å²) in [5.41, 5.74) is 2.77. The Morgan fingerprint density at radius 2 is 1.85 bits per heavy atom. The summed E-state index contributed by atoms with van der Waals surface area (Å²) in [6.45, 7) is 1.47. The molecule has 0 radical (unpaired) electrons. The number of hydrogen-bond donors (Lipinski definition) is 2. The number of alkyl halides is 2.